The second-order valence-electron chi connectivity index (χ2n) is 6.66. The maximum atomic E-state index is 13.3. The number of rotatable bonds is 5. The monoisotopic (exact) mass is 469 g/mol. The van der Waals surface area contributed by atoms with Crippen molar-refractivity contribution in [2.45, 2.75) is 11.3 Å². The van der Waals surface area contributed by atoms with Crippen molar-refractivity contribution in [3.8, 4) is 10.8 Å². The Morgan fingerprint density at radius 2 is 2.00 bits per heavy atom. The summed E-state index contributed by atoms with van der Waals surface area (Å²) in [5.74, 6) is -0.144. The predicted octanol–water partition coefficient (Wildman–Crippen LogP) is 3.27. The van der Waals surface area contributed by atoms with Crippen LogP contribution in [0.1, 0.15) is 5.69 Å². The molecule has 0 N–H and O–H groups in total. The van der Waals surface area contributed by atoms with Crippen LogP contribution in [0.4, 0.5) is 4.39 Å². The van der Waals surface area contributed by atoms with Gasteiger partial charge in [-0.1, -0.05) is 11.6 Å². The number of nitrogens with zero attached hydrogens (tertiary/aromatic N) is 3. The van der Waals surface area contributed by atoms with Gasteiger partial charge in [0.05, 0.1) is 28.3 Å². The van der Waals surface area contributed by atoms with E-state index in [0.717, 1.165) is 12.1 Å². The van der Waals surface area contributed by atoms with Crippen LogP contribution >= 0.6 is 22.9 Å². The molecule has 1 aliphatic heterocycles. The minimum Gasteiger partial charge on any atom is -0.462 e. The molecule has 7 nitrogen and oxygen atoms in total. The quantitative estimate of drug-likeness (QED) is 0.572. The second-order valence-corrected chi connectivity index (χ2v) is 9.86. The zero-order chi connectivity index (χ0) is 21.3. The van der Waals surface area contributed by atoms with Crippen LogP contribution in [0.3, 0.4) is 0 Å². The van der Waals surface area contributed by atoms with Gasteiger partial charge in [0.2, 0.25) is 15.9 Å². The van der Waals surface area contributed by atoms with Crippen LogP contribution in [-0.4, -0.2) is 54.7 Å². The Morgan fingerprint density at radius 3 is 2.67 bits per heavy atom. The number of benzene rings is 1. The van der Waals surface area contributed by atoms with E-state index in [1.807, 2.05) is 5.38 Å². The molecule has 0 unspecified atom stereocenters. The van der Waals surface area contributed by atoms with Crippen LogP contribution in [0.25, 0.3) is 10.8 Å². The van der Waals surface area contributed by atoms with Crippen LogP contribution in [-0.2, 0) is 21.2 Å². The minimum absolute atomic E-state index is 0.0680. The number of aromatic nitrogens is 1. The number of thiazole rings is 1. The molecule has 1 saturated heterocycles. The maximum absolute atomic E-state index is 13.3. The summed E-state index contributed by atoms with van der Waals surface area (Å²) in [5.41, 5.74) is 0.646. The van der Waals surface area contributed by atoms with E-state index in [4.69, 9.17) is 16.0 Å². The third-order valence-corrected chi connectivity index (χ3v) is 7.83. The number of hydrogen-bond acceptors (Lipinski definition) is 6. The molecular formula is C19H17ClFN3O4S2. The summed E-state index contributed by atoms with van der Waals surface area (Å²) in [5, 5.41) is 2.27. The molecule has 1 amide bonds. The lowest BCUT2D eigenvalue weighted by molar-refractivity contribution is -0.131. The molecule has 0 bridgehead atoms. The van der Waals surface area contributed by atoms with Crippen molar-refractivity contribution in [2.24, 2.45) is 0 Å². The van der Waals surface area contributed by atoms with Crippen LogP contribution in [0, 0.1) is 5.82 Å². The molecule has 3 aromatic rings. The Bertz CT molecular complexity index is 1160. The third kappa shape index (κ3) is 4.27. The molecule has 0 aliphatic carbocycles. The highest BCUT2D eigenvalue weighted by atomic mass is 35.5. The first-order valence-corrected chi connectivity index (χ1v) is 11.8. The zero-order valence-corrected chi connectivity index (χ0v) is 18.0. The standard InChI is InChI=1S/C19H17ClFN3O4S2/c20-15-11-14(3-4-16(15)21)30(26,27)24-7-5-23(6-8-24)18(25)10-13-12-29-19(22-13)17-2-1-9-28-17/h1-4,9,11-12H,5-8,10H2. The number of carbonyl (C=O) groups is 1. The van der Waals surface area contributed by atoms with E-state index < -0.39 is 15.8 Å². The van der Waals surface area contributed by atoms with E-state index in [-0.39, 0.29) is 48.4 Å². The van der Waals surface area contributed by atoms with Gasteiger partial charge in [0.15, 0.2) is 10.8 Å². The van der Waals surface area contributed by atoms with Crippen molar-refractivity contribution in [1.82, 2.24) is 14.2 Å². The van der Waals surface area contributed by atoms with Crippen molar-refractivity contribution in [1.29, 1.82) is 0 Å². The van der Waals surface area contributed by atoms with Gasteiger partial charge < -0.3 is 9.32 Å². The van der Waals surface area contributed by atoms with Crippen molar-refractivity contribution in [3.63, 3.8) is 0 Å². The van der Waals surface area contributed by atoms with Gasteiger partial charge in [0.25, 0.3) is 0 Å². The van der Waals surface area contributed by atoms with Crippen LogP contribution < -0.4 is 0 Å². The van der Waals surface area contributed by atoms with Crippen molar-refractivity contribution in [3.05, 3.63) is 58.5 Å². The number of halogens is 2. The Balaban J connectivity index is 1.37. The number of carbonyl (C=O) groups excluding carboxylic acids is 1. The molecule has 0 atom stereocenters. The van der Waals surface area contributed by atoms with Gasteiger partial charge in [-0.3, -0.25) is 4.79 Å². The molecule has 0 radical (unpaired) electrons. The number of furan rings is 1. The minimum atomic E-state index is -3.81. The second kappa shape index (κ2) is 8.46. The Kier molecular flexibility index (Phi) is 5.92. The number of sulfonamides is 1. The number of hydrogen-bond donors (Lipinski definition) is 0. The van der Waals surface area contributed by atoms with Crippen LogP contribution in [0.5, 0.6) is 0 Å². The summed E-state index contributed by atoms with van der Waals surface area (Å²) in [6.07, 6.45) is 1.70. The molecule has 1 aromatic carbocycles. The highest BCUT2D eigenvalue weighted by Crippen LogP contribution is 2.25. The van der Waals surface area contributed by atoms with E-state index in [1.165, 1.54) is 21.7 Å². The Labute approximate surface area is 181 Å². The predicted molar refractivity (Wildman–Crippen MR) is 110 cm³/mol. The fourth-order valence-corrected chi connectivity index (χ4v) is 5.61. The van der Waals surface area contributed by atoms with Gasteiger partial charge in [-0.2, -0.15) is 4.31 Å². The van der Waals surface area contributed by atoms with E-state index in [1.54, 1.807) is 23.3 Å². The molecular weight excluding hydrogens is 453 g/mol. The van der Waals surface area contributed by atoms with E-state index in [2.05, 4.69) is 4.98 Å². The number of piperazine rings is 1. The van der Waals surface area contributed by atoms with Crippen molar-refractivity contribution >= 4 is 38.9 Å². The molecule has 3 heterocycles. The smallest absolute Gasteiger partial charge is 0.243 e. The van der Waals surface area contributed by atoms with Gasteiger partial charge >= 0.3 is 0 Å². The average molecular weight is 470 g/mol. The molecule has 158 valence electrons. The largest absolute Gasteiger partial charge is 0.462 e. The first kappa shape index (κ1) is 21.0. The van der Waals surface area contributed by atoms with Gasteiger partial charge in [-0.25, -0.2) is 17.8 Å². The van der Waals surface area contributed by atoms with Gasteiger partial charge in [0.1, 0.15) is 5.82 Å². The lowest BCUT2D eigenvalue weighted by Gasteiger charge is -2.34. The first-order chi connectivity index (χ1) is 14.3. The average Bonchev–Trinajstić information content (AvgIpc) is 3.42. The third-order valence-electron chi connectivity index (χ3n) is 4.74. The van der Waals surface area contributed by atoms with Crippen molar-refractivity contribution < 1.29 is 22.0 Å². The van der Waals surface area contributed by atoms with Crippen LogP contribution in [0.15, 0.2) is 51.3 Å². The summed E-state index contributed by atoms with van der Waals surface area (Å²) >= 11 is 7.11. The SMILES string of the molecule is O=C(Cc1csc(-c2ccco2)n1)N1CCN(S(=O)(=O)c2ccc(F)c(Cl)c2)CC1. The maximum Gasteiger partial charge on any atom is 0.243 e. The molecule has 4 rings (SSSR count). The van der Waals surface area contributed by atoms with E-state index in [9.17, 15) is 17.6 Å². The fourth-order valence-electron chi connectivity index (χ4n) is 3.13. The summed E-state index contributed by atoms with van der Waals surface area (Å²) in [6, 6.07) is 6.89. The highest BCUT2D eigenvalue weighted by Gasteiger charge is 2.30. The lowest BCUT2D eigenvalue weighted by Crippen LogP contribution is -2.50. The van der Waals surface area contributed by atoms with Gasteiger partial charge in [0, 0.05) is 31.6 Å². The molecule has 0 spiro atoms. The van der Waals surface area contributed by atoms with Gasteiger partial charge in [-0.05, 0) is 30.3 Å². The first-order valence-electron chi connectivity index (χ1n) is 9.06. The number of amides is 1. The Morgan fingerprint density at radius 1 is 1.23 bits per heavy atom. The zero-order valence-electron chi connectivity index (χ0n) is 15.6. The molecule has 1 aliphatic rings. The Hall–Kier alpha value is -2.27. The molecule has 0 saturated carbocycles. The molecule has 11 heteroatoms. The van der Waals surface area contributed by atoms with Crippen molar-refractivity contribution in [2.75, 3.05) is 26.2 Å². The molecule has 2 aromatic heterocycles. The lowest BCUT2D eigenvalue weighted by atomic mass is 10.2. The summed E-state index contributed by atoms with van der Waals surface area (Å²) in [4.78, 5) is 18.6. The highest BCUT2D eigenvalue weighted by molar-refractivity contribution is 7.89. The van der Waals surface area contributed by atoms with E-state index in [0.29, 0.717) is 16.5 Å². The molecule has 30 heavy (non-hydrogen) atoms. The summed E-state index contributed by atoms with van der Waals surface area (Å²) < 4.78 is 45.4. The normalized spacial score (nSPS) is 15.5. The van der Waals surface area contributed by atoms with E-state index >= 15 is 0 Å². The summed E-state index contributed by atoms with van der Waals surface area (Å²) in [7, 11) is -3.81. The molecule has 1 fully saturated rings. The fraction of sp³-hybridized carbons (Fsp3) is 0.263. The summed E-state index contributed by atoms with van der Waals surface area (Å²) in [6.45, 7) is 0.833. The van der Waals surface area contributed by atoms with Crippen LogP contribution in [0.2, 0.25) is 5.02 Å². The topological polar surface area (TPSA) is 83.7 Å². The van der Waals surface area contributed by atoms with Gasteiger partial charge in [-0.15, -0.1) is 11.3 Å².